The van der Waals surface area contributed by atoms with E-state index in [1.54, 1.807) is 18.5 Å². The highest BCUT2D eigenvalue weighted by atomic mass is 32.2. The molecule has 8 nitrogen and oxygen atoms in total. The lowest BCUT2D eigenvalue weighted by Crippen LogP contribution is -2.46. The first-order valence-electron chi connectivity index (χ1n) is 7.14. The maximum absolute atomic E-state index is 12.6. The van der Waals surface area contributed by atoms with Crippen LogP contribution < -0.4 is 4.72 Å². The molecular formula is C13H21N3O5S. The van der Waals surface area contributed by atoms with E-state index in [0.29, 0.717) is 31.0 Å². The van der Waals surface area contributed by atoms with Gasteiger partial charge in [0.1, 0.15) is 10.9 Å². The van der Waals surface area contributed by atoms with E-state index in [9.17, 15) is 18.3 Å². The van der Waals surface area contributed by atoms with Gasteiger partial charge in [-0.1, -0.05) is 0 Å². The fourth-order valence-electron chi connectivity index (χ4n) is 2.77. The standard InChI is InChI=1S/C13H21N3O5S/c1-4-16-9(3)12(8(2)14-16)22(19,20)15-11(13(17)18)10-5-6-21-7-10/h10-11,15H,4-7H2,1-3H3,(H,17,18). The monoisotopic (exact) mass is 331 g/mol. The third kappa shape index (κ3) is 3.16. The molecule has 0 aromatic carbocycles. The summed E-state index contributed by atoms with van der Waals surface area (Å²) in [6.07, 6.45) is 0.520. The Hall–Kier alpha value is -1.45. The molecule has 2 atom stereocenters. The number of aliphatic carboxylic acids is 1. The quantitative estimate of drug-likeness (QED) is 0.775. The molecule has 9 heteroatoms. The molecule has 2 rings (SSSR count). The maximum atomic E-state index is 12.6. The molecule has 1 aromatic heterocycles. The van der Waals surface area contributed by atoms with Gasteiger partial charge in [-0.05, 0) is 27.2 Å². The number of carboxylic acids is 1. The number of rotatable bonds is 6. The molecule has 0 aliphatic carbocycles. The smallest absolute Gasteiger partial charge is 0.322 e. The number of sulfonamides is 1. The highest BCUT2D eigenvalue weighted by molar-refractivity contribution is 7.89. The van der Waals surface area contributed by atoms with E-state index >= 15 is 0 Å². The van der Waals surface area contributed by atoms with Crippen LogP contribution in [0.4, 0.5) is 0 Å². The number of ether oxygens (including phenoxy) is 1. The van der Waals surface area contributed by atoms with Gasteiger partial charge in [-0.15, -0.1) is 0 Å². The summed E-state index contributed by atoms with van der Waals surface area (Å²) in [7, 11) is -3.96. The van der Waals surface area contributed by atoms with Crippen molar-refractivity contribution in [3.05, 3.63) is 11.4 Å². The van der Waals surface area contributed by atoms with Crippen molar-refractivity contribution in [2.75, 3.05) is 13.2 Å². The van der Waals surface area contributed by atoms with Crippen LogP contribution in [0.1, 0.15) is 24.7 Å². The van der Waals surface area contributed by atoms with E-state index < -0.39 is 22.0 Å². The first-order chi connectivity index (χ1) is 10.3. The molecule has 1 aliphatic heterocycles. The Morgan fingerprint density at radius 3 is 2.68 bits per heavy atom. The van der Waals surface area contributed by atoms with Gasteiger partial charge in [-0.25, -0.2) is 8.42 Å². The van der Waals surface area contributed by atoms with Crippen LogP contribution in [0.5, 0.6) is 0 Å². The van der Waals surface area contributed by atoms with E-state index in [-0.39, 0.29) is 17.4 Å². The molecule has 1 saturated heterocycles. The van der Waals surface area contributed by atoms with Crippen molar-refractivity contribution >= 4 is 16.0 Å². The SMILES string of the molecule is CCn1nc(C)c(S(=O)(=O)NC(C(=O)O)C2CCOC2)c1C. The Labute approximate surface area is 129 Å². The van der Waals surface area contributed by atoms with Gasteiger partial charge >= 0.3 is 5.97 Å². The van der Waals surface area contributed by atoms with Gasteiger partial charge in [-0.3, -0.25) is 9.48 Å². The molecule has 1 fully saturated rings. The summed E-state index contributed by atoms with van der Waals surface area (Å²) in [5, 5.41) is 13.5. The van der Waals surface area contributed by atoms with Crippen LogP contribution in [0.3, 0.4) is 0 Å². The average Bonchev–Trinajstić information content (AvgIpc) is 3.04. The molecule has 2 unspecified atom stereocenters. The fourth-order valence-corrected chi connectivity index (χ4v) is 4.44. The minimum atomic E-state index is -3.96. The van der Waals surface area contributed by atoms with Crippen LogP contribution >= 0.6 is 0 Å². The molecular weight excluding hydrogens is 310 g/mol. The summed E-state index contributed by atoms with van der Waals surface area (Å²) in [5.74, 6) is -1.56. The zero-order valence-corrected chi connectivity index (χ0v) is 13.7. The lowest BCUT2D eigenvalue weighted by molar-refractivity contribution is -0.140. The number of aromatic nitrogens is 2. The molecule has 0 spiro atoms. The van der Waals surface area contributed by atoms with E-state index in [0.717, 1.165) is 0 Å². The number of nitrogens with one attached hydrogen (secondary N) is 1. The van der Waals surface area contributed by atoms with Gasteiger partial charge in [0.25, 0.3) is 0 Å². The second-order valence-corrected chi connectivity index (χ2v) is 7.03. The summed E-state index contributed by atoms with van der Waals surface area (Å²) in [6, 6.07) is -1.20. The minimum absolute atomic E-state index is 0.0551. The van der Waals surface area contributed by atoms with Gasteiger partial charge in [0.15, 0.2) is 0 Å². The van der Waals surface area contributed by atoms with Crippen LogP contribution in [-0.4, -0.2) is 48.5 Å². The molecule has 124 valence electrons. The molecule has 0 bridgehead atoms. The van der Waals surface area contributed by atoms with Crippen molar-refractivity contribution in [3.8, 4) is 0 Å². The predicted octanol–water partition coefficient (Wildman–Crippen LogP) is 0.288. The van der Waals surface area contributed by atoms with Crippen molar-refractivity contribution in [2.24, 2.45) is 5.92 Å². The van der Waals surface area contributed by atoms with Crippen molar-refractivity contribution in [1.29, 1.82) is 0 Å². The second-order valence-electron chi connectivity index (χ2n) is 5.38. The van der Waals surface area contributed by atoms with Crippen LogP contribution in [0, 0.1) is 19.8 Å². The van der Waals surface area contributed by atoms with E-state index in [2.05, 4.69) is 9.82 Å². The van der Waals surface area contributed by atoms with Gasteiger partial charge in [0, 0.05) is 19.1 Å². The number of carboxylic acid groups (broad SMARTS) is 1. The second kappa shape index (κ2) is 6.35. The zero-order chi connectivity index (χ0) is 16.5. The Kier molecular flexibility index (Phi) is 4.88. The molecule has 0 radical (unpaired) electrons. The van der Waals surface area contributed by atoms with Crippen LogP contribution in [-0.2, 0) is 26.1 Å². The van der Waals surface area contributed by atoms with E-state index in [1.807, 2.05) is 6.92 Å². The molecule has 0 amide bonds. The van der Waals surface area contributed by atoms with Crippen LogP contribution in [0.2, 0.25) is 0 Å². The fraction of sp³-hybridized carbons (Fsp3) is 0.692. The zero-order valence-electron chi connectivity index (χ0n) is 12.9. The van der Waals surface area contributed by atoms with Gasteiger partial charge in [0.2, 0.25) is 10.0 Å². The molecule has 2 heterocycles. The molecule has 1 aliphatic rings. The lowest BCUT2D eigenvalue weighted by Gasteiger charge is -2.19. The third-order valence-corrected chi connectivity index (χ3v) is 5.56. The number of hydrogen-bond acceptors (Lipinski definition) is 5. The number of hydrogen-bond donors (Lipinski definition) is 2. The lowest BCUT2D eigenvalue weighted by atomic mass is 10.0. The predicted molar refractivity (Wildman–Crippen MR) is 78.0 cm³/mol. The number of carbonyl (C=O) groups is 1. The minimum Gasteiger partial charge on any atom is -0.480 e. The van der Waals surface area contributed by atoms with Crippen LogP contribution in [0.25, 0.3) is 0 Å². The Morgan fingerprint density at radius 2 is 2.23 bits per heavy atom. The first-order valence-corrected chi connectivity index (χ1v) is 8.63. The number of nitrogens with zero attached hydrogens (tertiary/aromatic N) is 2. The average molecular weight is 331 g/mol. The molecule has 2 N–H and O–H groups in total. The maximum Gasteiger partial charge on any atom is 0.322 e. The van der Waals surface area contributed by atoms with Crippen molar-refractivity contribution in [1.82, 2.24) is 14.5 Å². The number of aryl methyl sites for hydroxylation is 2. The topological polar surface area (TPSA) is 111 Å². The molecule has 22 heavy (non-hydrogen) atoms. The van der Waals surface area contributed by atoms with Gasteiger partial charge < -0.3 is 9.84 Å². The first kappa shape index (κ1) is 16.9. The Morgan fingerprint density at radius 1 is 1.55 bits per heavy atom. The van der Waals surface area contributed by atoms with Crippen LogP contribution in [0.15, 0.2) is 4.90 Å². The van der Waals surface area contributed by atoms with Gasteiger partial charge in [-0.2, -0.15) is 9.82 Å². The molecule has 1 aromatic rings. The molecule has 0 saturated carbocycles. The third-order valence-electron chi connectivity index (χ3n) is 3.87. The highest BCUT2D eigenvalue weighted by Gasteiger charge is 2.36. The summed E-state index contributed by atoms with van der Waals surface area (Å²) in [4.78, 5) is 11.5. The highest BCUT2D eigenvalue weighted by Crippen LogP contribution is 2.23. The Bertz CT molecular complexity index is 661. The van der Waals surface area contributed by atoms with E-state index in [1.165, 1.54) is 0 Å². The summed E-state index contributed by atoms with van der Waals surface area (Å²) in [6.45, 7) is 6.35. The summed E-state index contributed by atoms with van der Waals surface area (Å²) >= 11 is 0. The summed E-state index contributed by atoms with van der Waals surface area (Å²) in [5.41, 5.74) is 0.859. The van der Waals surface area contributed by atoms with E-state index in [4.69, 9.17) is 4.74 Å². The van der Waals surface area contributed by atoms with Crippen molar-refractivity contribution in [2.45, 2.75) is 44.7 Å². The summed E-state index contributed by atoms with van der Waals surface area (Å²) < 4.78 is 34.3. The van der Waals surface area contributed by atoms with Gasteiger partial charge in [0.05, 0.1) is 18.0 Å². The van der Waals surface area contributed by atoms with Crippen molar-refractivity contribution < 1.29 is 23.1 Å². The Balaban J connectivity index is 2.33. The normalized spacial score (nSPS) is 20.2. The van der Waals surface area contributed by atoms with Crippen molar-refractivity contribution in [3.63, 3.8) is 0 Å². The largest absolute Gasteiger partial charge is 0.480 e.